The van der Waals surface area contributed by atoms with Crippen molar-refractivity contribution in [3.63, 3.8) is 0 Å². The van der Waals surface area contributed by atoms with Crippen LogP contribution in [0, 0.1) is 0 Å². The first-order chi connectivity index (χ1) is 64.1. The molecule has 4 aliphatic rings. The predicted octanol–water partition coefficient (Wildman–Crippen LogP) is 33.7. The molecule has 0 amide bonds. The Kier molecular flexibility index (Phi) is 28.2. The Bertz CT molecular complexity index is 6290. The Morgan fingerprint density at radius 2 is 0.427 bits per heavy atom. The molecule has 0 heterocycles. The van der Waals surface area contributed by atoms with Crippen LogP contribution in [0.2, 0.25) is 0 Å². The first-order valence-electron chi connectivity index (χ1n) is 43.4. The normalized spacial score (nSPS) is 13.1. The number of rotatable bonds is 15. The molecule has 18 aromatic rings. The number of hydrogen-bond donors (Lipinski definition) is 1. The third-order valence-electron chi connectivity index (χ3n) is 24.9. The molecule has 131 heavy (non-hydrogen) atoms. The smallest absolute Gasteiger partial charge is 0.382 e. The minimum Gasteiger partial charge on any atom is -0.382 e. The monoisotopic (exact) mass is 2010 g/mol. The summed E-state index contributed by atoms with van der Waals surface area (Å²) in [4.78, 5) is 4.68. The zero-order valence-electron chi connectivity index (χ0n) is 71.7. The maximum absolute atomic E-state index is 11.6. The van der Waals surface area contributed by atoms with Gasteiger partial charge in [-0.05, 0) is 252 Å². The van der Waals surface area contributed by atoms with Gasteiger partial charge in [-0.15, -0.1) is 23.2 Å². The minimum atomic E-state index is -3.67. The van der Waals surface area contributed by atoms with Gasteiger partial charge in [0.15, 0.2) is 0 Å². The van der Waals surface area contributed by atoms with Crippen LogP contribution in [0.1, 0.15) is 97.3 Å². The van der Waals surface area contributed by atoms with Crippen LogP contribution in [0.4, 0.5) is 47.1 Å². The highest BCUT2D eigenvalue weighted by molar-refractivity contribution is 9.11. The molecule has 4 aliphatic carbocycles. The molecule has 0 spiro atoms. The number of para-hydroxylation sites is 3. The summed E-state index contributed by atoms with van der Waals surface area (Å²) in [7, 11) is -3.67. The first-order valence-corrected chi connectivity index (χ1v) is 47.6. The van der Waals surface area contributed by atoms with Crippen LogP contribution in [0.15, 0.2) is 473 Å². The largest absolute Gasteiger partial charge is 0.762 e. The minimum absolute atomic E-state index is 0.194. The highest BCUT2D eigenvalue weighted by Crippen LogP contribution is 2.61. The van der Waals surface area contributed by atoms with Gasteiger partial charge in [-0.2, -0.15) is 0 Å². The Morgan fingerprint density at radius 1 is 0.244 bits per heavy atom. The molecule has 0 saturated carbocycles. The van der Waals surface area contributed by atoms with Gasteiger partial charge in [0.05, 0.1) is 21.6 Å². The van der Waals surface area contributed by atoms with Crippen molar-refractivity contribution < 1.29 is 22.8 Å². The van der Waals surface area contributed by atoms with Crippen LogP contribution in [-0.4, -0.2) is 31.2 Å². The van der Waals surface area contributed by atoms with Crippen molar-refractivity contribution in [3.05, 3.63) is 556 Å². The number of halogens is 9. The molecule has 18 aromatic carbocycles. The van der Waals surface area contributed by atoms with Crippen molar-refractivity contribution in [3.8, 4) is 44.5 Å². The summed E-state index contributed by atoms with van der Waals surface area (Å²) < 4.78 is 38.0. The van der Waals surface area contributed by atoms with E-state index >= 15 is 0 Å². The van der Waals surface area contributed by atoms with Crippen molar-refractivity contribution in [2.45, 2.75) is 35.7 Å². The molecule has 1 N–H and O–H groups in total. The molecule has 22 rings (SSSR count). The number of anilines is 6. The average molecular weight is 2010 g/mol. The number of hydrogen-bond acceptors (Lipinski definition) is 4. The lowest BCUT2D eigenvalue weighted by molar-refractivity contribution is 0.130. The zero-order valence-corrected chi connectivity index (χ0v) is 79.5. The second-order valence-electron chi connectivity index (χ2n) is 31.8. The lowest BCUT2D eigenvalue weighted by Gasteiger charge is -2.36. The van der Waals surface area contributed by atoms with Crippen LogP contribution in [0.3, 0.4) is 0 Å². The molecule has 0 saturated heterocycles. The maximum Gasteiger partial charge on any atom is 0.762 e. The number of fused-ring (bicyclic) bond motifs is 12. The molecule has 4 nitrogen and oxygen atoms in total. The standard InChI is InChI=1S/C75H48Br3N.C19H13BrO.C18H15N.C4H10O.CH2Cl2.BF3/c76-55-19-13-16-52(46-55)73(67-28-7-1-22-61(67)62-23-2-8-29-68(62)73)49-34-40-58(41-35-49)79(59-42-36-50(37-43-59)74(53-17-14-20-56(77)47-53)69-30-9-3-24-63(69)64-25-4-10-31-70(64)74)60-44-38-51(39-45-60)75(54-18-15-21-57(78)48-54)71-32-11-5-26-65(71)66-27-6-12-33-72(66)75;20-14-7-5-6-13(12-14)19(21)17-10-3-1-8-15(17)16-9-2-4-11-18(16)19;1-4-10-16(11-5-1)19(17-12-6-2-7-13-17)18-14-8-3-9-15-18;1-3-5-4-2;2-1-3;2-1(3)4/h1-48H;1-12,21H;1-15H;3-4H2,1-2H3;1H2;. The predicted molar refractivity (Wildman–Crippen MR) is 553 cm³/mol. The maximum atomic E-state index is 11.6. The Balaban J connectivity index is 0.000000185. The van der Waals surface area contributed by atoms with Crippen molar-refractivity contribution in [1.29, 1.82) is 0 Å². The lowest BCUT2D eigenvalue weighted by atomic mass is 9.67. The fourth-order valence-corrected chi connectivity index (χ4v) is 21.5. The van der Waals surface area contributed by atoms with E-state index in [1.807, 2.05) is 92.7 Å². The summed E-state index contributed by atoms with van der Waals surface area (Å²) in [5.41, 5.74) is 31.6. The van der Waals surface area contributed by atoms with Gasteiger partial charge in [0, 0.05) is 76.4 Å². The summed E-state index contributed by atoms with van der Waals surface area (Å²) in [6.07, 6.45) is 0. The van der Waals surface area contributed by atoms with Gasteiger partial charge in [-0.3, -0.25) is 12.9 Å². The highest BCUT2D eigenvalue weighted by Gasteiger charge is 2.50. The number of ether oxygens (including phenoxy) is 1. The van der Waals surface area contributed by atoms with E-state index in [1.54, 1.807) is 0 Å². The molecular weight excluding hydrogens is 1920 g/mol. The van der Waals surface area contributed by atoms with Gasteiger partial charge >= 0.3 is 7.54 Å². The van der Waals surface area contributed by atoms with Crippen LogP contribution in [-0.2, 0) is 26.6 Å². The molecular formula is C117H88BBr4Cl2F3N2O2. The van der Waals surface area contributed by atoms with Crippen molar-refractivity contribution >= 4 is 129 Å². The number of benzene rings is 18. The van der Waals surface area contributed by atoms with E-state index in [1.165, 1.54) is 117 Å². The van der Waals surface area contributed by atoms with Gasteiger partial charge in [0.2, 0.25) is 0 Å². The van der Waals surface area contributed by atoms with Gasteiger partial charge < -0.3 is 19.6 Å². The molecule has 0 aromatic heterocycles. The van der Waals surface area contributed by atoms with Gasteiger partial charge in [0.25, 0.3) is 0 Å². The van der Waals surface area contributed by atoms with E-state index in [0.29, 0.717) is 0 Å². The number of alkyl halides is 2. The van der Waals surface area contributed by atoms with Crippen LogP contribution in [0.5, 0.6) is 0 Å². The Hall–Kier alpha value is -12.2. The summed E-state index contributed by atoms with van der Waals surface area (Å²) >= 11 is 24.7. The third-order valence-corrected chi connectivity index (χ3v) is 26.9. The molecule has 0 radical (unpaired) electrons. The first kappa shape index (κ1) is 90.8. The van der Waals surface area contributed by atoms with Crippen molar-refractivity contribution in [2.24, 2.45) is 0 Å². The quantitative estimate of drug-likeness (QED) is 0.0820. The molecule has 0 fully saturated rings. The summed E-state index contributed by atoms with van der Waals surface area (Å²) in [5.74, 6) is 0. The fraction of sp³-hybridized carbons (Fsp3) is 0.0769. The number of nitrogens with zero attached hydrogens (tertiary/aromatic N) is 2. The van der Waals surface area contributed by atoms with Crippen LogP contribution in [0.25, 0.3) is 44.5 Å². The zero-order chi connectivity index (χ0) is 90.6. The summed E-state index contributed by atoms with van der Waals surface area (Å²) in [6, 6.07) is 164. The van der Waals surface area contributed by atoms with E-state index in [9.17, 15) is 18.1 Å². The van der Waals surface area contributed by atoms with Gasteiger partial charge in [-0.1, -0.05) is 397 Å². The Labute approximate surface area is 809 Å². The molecule has 0 bridgehead atoms. The third kappa shape index (κ3) is 17.4. The molecule has 644 valence electrons. The summed E-state index contributed by atoms with van der Waals surface area (Å²) in [6.45, 7) is 5.67. The van der Waals surface area contributed by atoms with E-state index in [0.717, 1.165) is 76.0 Å². The lowest BCUT2D eigenvalue weighted by Crippen LogP contribution is -2.29. The number of aliphatic hydroxyl groups is 1. The Morgan fingerprint density at radius 3 is 0.641 bits per heavy atom. The topological polar surface area (TPSA) is 35.9 Å². The molecule has 0 atom stereocenters. The average Bonchev–Trinajstić information content (AvgIpc) is 1.56. The van der Waals surface area contributed by atoms with Crippen molar-refractivity contribution in [1.82, 2.24) is 0 Å². The van der Waals surface area contributed by atoms with E-state index in [-0.39, 0.29) is 5.34 Å². The molecule has 0 unspecified atom stereocenters. The second-order valence-corrected chi connectivity index (χ2v) is 36.3. The fourth-order valence-electron chi connectivity index (χ4n) is 19.9. The summed E-state index contributed by atoms with van der Waals surface area (Å²) in [5, 5.41) is 11.8. The van der Waals surface area contributed by atoms with E-state index in [4.69, 9.17) is 27.9 Å². The molecule has 0 aliphatic heterocycles. The van der Waals surface area contributed by atoms with E-state index < -0.39 is 29.4 Å². The highest BCUT2D eigenvalue weighted by atomic mass is 79.9. The molecule has 14 heteroatoms. The van der Waals surface area contributed by atoms with Crippen LogP contribution < -0.4 is 9.80 Å². The van der Waals surface area contributed by atoms with E-state index in [2.05, 4.69) is 450 Å². The van der Waals surface area contributed by atoms with Gasteiger partial charge in [-0.25, -0.2) is 0 Å². The second kappa shape index (κ2) is 40.7. The van der Waals surface area contributed by atoms with Crippen molar-refractivity contribution in [2.75, 3.05) is 28.4 Å². The van der Waals surface area contributed by atoms with Gasteiger partial charge in [0.1, 0.15) is 5.60 Å². The van der Waals surface area contributed by atoms with Crippen LogP contribution >= 0.6 is 86.9 Å². The SMILES string of the molecule is Brc1cccc(C2(c3ccc(N(c4ccc(C5(c6cccc(Br)c6)c6ccccc6-c6ccccc65)cc4)c4ccc(C5(c6cccc(Br)c6)c6ccccc6-c6ccccc65)cc4)cc3)c3ccccc3-c3ccccc32)c1.CCOCC.ClCCl.FB(F)F.OC1(c2cccc(Br)c2)c2ccccc2-c2ccccc21.c1ccc(N(c2ccccc2)c2ccccc2)cc1.